The van der Waals surface area contributed by atoms with Crippen LogP contribution in [0.5, 0.6) is 5.75 Å². The van der Waals surface area contributed by atoms with Gasteiger partial charge in [0.15, 0.2) is 0 Å². The third-order valence-electron chi connectivity index (χ3n) is 5.13. The van der Waals surface area contributed by atoms with Gasteiger partial charge in [-0.2, -0.15) is 8.61 Å². The number of aryl methyl sites for hydroxylation is 1. The van der Waals surface area contributed by atoms with Crippen molar-refractivity contribution in [1.82, 2.24) is 8.61 Å². The highest BCUT2D eigenvalue weighted by Crippen LogP contribution is 2.25. The molecule has 1 atom stereocenters. The van der Waals surface area contributed by atoms with Crippen molar-refractivity contribution in [3.63, 3.8) is 0 Å². The van der Waals surface area contributed by atoms with E-state index in [1.807, 2.05) is 31.2 Å². The van der Waals surface area contributed by atoms with Crippen LogP contribution in [0.1, 0.15) is 11.1 Å². The molecule has 0 amide bonds. The largest absolute Gasteiger partial charge is 0.489 e. The molecule has 31 heavy (non-hydrogen) atoms. The predicted octanol–water partition coefficient (Wildman–Crippen LogP) is 1.29. The molecule has 0 aliphatic carbocycles. The first-order valence-electron chi connectivity index (χ1n) is 9.47. The summed E-state index contributed by atoms with van der Waals surface area (Å²) in [4.78, 5) is 11.6. The number of sulfonamides is 2. The Labute approximate surface area is 182 Å². The van der Waals surface area contributed by atoms with Gasteiger partial charge in [0, 0.05) is 19.6 Å². The molecule has 3 rings (SSSR count). The SMILES string of the molecule is Cc1ccccc1COc1ccc(S(=O)(=O)N2CCN(S(C)(=O)=O)CC2C(=O)O)cc1. The predicted molar refractivity (Wildman–Crippen MR) is 114 cm³/mol. The molecule has 9 nitrogen and oxygen atoms in total. The summed E-state index contributed by atoms with van der Waals surface area (Å²) >= 11 is 0. The molecule has 1 aliphatic rings. The Morgan fingerprint density at radius 3 is 2.29 bits per heavy atom. The number of hydrogen-bond donors (Lipinski definition) is 1. The second kappa shape index (κ2) is 8.95. The summed E-state index contributed by atoms with van der Waals surface area (Å²) in [5.74, 6) is -0.936. The maximum absolute atomic E-state index is 13.0. The second-order valence-corrected chi connectivity index (χ2v) is 11.2. The minimum Gasteiger partial charge on any atom is -0.489 e. The van der Waals surface area contributed by atoms with Crippen LogP contribution in [0.15, 0.2) is 53.4 Å². The van der Waals surface area contributed by atoms with Crippen molar-refractivity contribution in [3.8, 4) is 5.75 Å². The molecule has 1 unspecified atom stereocenters. The van der Waals surface area contributed by atoms with E-state index in [9.17, 15) is 26.7 Å². The number of carboxylic acid groups (broad SMARTS) is 1. The monoisotopic (exact) mass is 468 g/mol. The highest BCUT2D eigenvalue weighted by molar-refractivity contribution is 7.89. The van der Waals surface area contributed by atoms with E-state index in [0.29, 0.717) is 12.4 Å². The lowest BCUT2D eigenvalue weighted by atomic mass is 10.1. The molecule has 1 heterocycles. The van der Waals surface area contributed by atoms with E-state index < -0.39 is 38.6 Å². The second-order valence-electron chi connectivity index (χ2n) is 7.28. The summed E-state index contributed by atoms with van der Waals surface area (Å²) in [5, 5.41) is 9.50. The molecule has 1 saturated heterocycles. The van der Waals surface area contributed by atoms with E-state index in [1.165, 1.54) is 24.3 Å². The van der Waals surface area contributed by atoms with Crippen molar-refractivity contribution in [1.29, 1.82) is 0 Å². The van der Waals surface area contributed by atoms with Gasteiger partial charge < -0.3 is 9.84 Å². The number of hydrogen-bond acceptors (Lipinski definition) is 6. The van der Waals surface area contributed by atoms with Crippen LogP contribution in [0.4, 0.5) is 0 Å². The van der Waals surface area contributed by atoms with E-state index in [4.69, 9.17) is 4.74 Å². The molecule has 0 saturated carbocycles. The van der Waals surface area contributed by atoms with E-state index in [-0.39, 0.29) is 18.0 Å². The van der Waals surface area contributed by atoms with Gasteiger partial charge in [-0.3, -0.25) is 4.79 Å². The third-order valence-corrected chi connectivity index (χ3v) is 8.33. The summed E-state index contributed by atoms with van der Waals surface area (Å²) in [6, 6.07) is 12.0. The quantitative estimate of drug-likeness (QED) is 0.650. The van der Waals surface area contributed by atoms with Crippen LogP contribution in [0.2, 0.25) is 0 Å². The van der Waals surface area contributed by atoms with Crippen molar-refractivity contribution in [2.75, 3.05) is 25.9 Å². The van der Waals surface area contributed by atoms with Gasteiger partial charge in [-0.25, -0.2) is 16.8 Å². The highest BCUT2D eigenvalue weighted by Gasteiger charge is 2.42. The first-order chi connectivity index (χ1) is 14.5. The molecule has 1 aliphatic heterocycles. The van der Waals surface area contributed by atoms with E-state index >= 15 is 0 Å². The zero-order valence-electron chi connectivity index (χ0n) is 17.1. The van der Waals surface area contributed by atoms with Crippen LogP contribution in [0.25, 0.3) is 0 Å². The van der Waals surface area contributed by atoms with Crippen molar-refractivity contribution >= 4 is 26.0 Å². The maximum atomic E-state index is 13.0. The number of benzene rings is 2. The normalized spacial score (nSPS) is 18.6. The van der Waals surface area contributed by atoms with E-state index in [0.717, 1.165) is 26.0 Å². The number of carboxylic acids is 1. The fourth-order valence-electron chi connectivity index (χ4n) is 3.31. The van der Waals surface area contributed by atoms with Gasteiger partial charge in [0.1, 0.15) is 18.4 Å². The number of carbonyl (C=O) groups is 1. The van der Waals surface area contributed by atoms with Crippen molar-refractivity contribution < 1.29 is 31.5 Å². The first-order valence-corrected chi connectivity index (χ1v) is 12.8. The minimum atomic E-state index is -4.14. The Kier molecular flexibility index (Phi) is 6.70. The topological polar surface area (TPSA) is 121 Å². The lowest BCUT2D eigenvalue weighted by molar-refractivity contribution is -0.142. The molecule has 168 valence electrons. The summed E-state index contributed by atoms with van der Waals surface area (Å²) in [6.45, 7) is 1.49. The Morgan fingerprint density at radius 2 is 1.71 bits per heavy atom. The van der Waals surface area contributed by atoms with E-state index in [1.54, 1.807) is 0 Å². The minimum absolute atomic E-state index is 0.0882. The van der Waals surface area contributed by atoms with Crippen molar-refractivity contribution in [2.24, 2.45) is 0 Å². The number of nitrogens with zero attached hydrogens (tertiary/aromatic N) is 2. The Balaban J connectivity index is 1.76. The smallest absolute Gasteiger partial charge is 0.323 e. The molecular formula is C20H24N2O7S2. The number of aliphatic carboxylic acids is 1. The molecule has 1 N–H and O–H groups in total. The van der Waals surface area contributed by atoms with Gasteiger partial charge in [0.05, 0.1) is 11.2 Å². The fourth-order valence-corrected chi connectivity index (χ4v) is 5.70. The lowest BCUT2D eigenvalue weighted by Gasteiger charge is -2.37. The van der Waals surface area contributed by atoms with Crippen molar-refractivity contribution in [2.45, 2.75) is 24.5 Å². The number of ether oxygens (including phenoxy) is 1. The molecule has 0 aromatic heterocycles. The first kappa shape index (κ1) is 23.2. The Hall–Kier alpha value is -2.47. The molecule has 1 fully saturated rings. The highest BCUT2D eigenvalue weighted by atomic mass is 32.2. The Morgan fingerprint density at radius 1 is 1.06 bits per heavy atom. The van der Waals surface area contributed by atoms with Gasteiger partial charge in [0.2, 0.25) is 20.0 Å². The van der Waals surface area contributed by atoms with Crippen LogP contribution in [-0.2, 0) is 31.4 Å². The fraction of sp³-hybridized carbons (Fsp3) is 0.350. The molecular weight excluding hydrogens is 444 g/mol. The zero-order chi connectivity index (χ0) is 22.8. The van der Waals surface area contributed by atoms with Gasteiger partial charge in [-0.15, -0.1) is 0 Å². The number of piperazine rings is 1. The standard InChI is InChI=1S/C20H24N2O7S2/c1-15-5-3-4-6-16(15)14-29-17-7-9-18(10-8-17)31(27,28)22-12-11-21(30(2,25)26)13-19(22)20(23)24/h3-10,19H,11-14H2,1-2H3,(H,23,24). The van der Waals surface area contributed by atoms with Crippen LogP contribution < -0.4 is 4.74 Å². The third kappa shape index (κ3) is 5.24. The van der Waals surface area contributed by atoms with Gasteiger partial charge in [-0.1, -0.05) is 24.3 Å². The molecule has 0 spiro atoms. The van der Waals surface area contributed by atoms with Crippen LogP contribution >= 0.6 is 0 Å². The summed E-state index contributed by atoms with van der Waals surface area (Å²) in [5.41, 5.74) is 2.09. The lowest BCUT2D eigenvalue weighted by Crippen LogP contribution is -2.59. The summed E-state index contributed by atoms with van der Waals surface area (Å²) in [6.07, 6.45) is 0.964. The van der Waals surface area contributed by atoms with Crippen LogP contribution in [-0.4, -0.2) is 68.5 Å². The molecule has 0 radical (unpaired) electrons. The number of rotatable bonds is 7. The van der Waals surface area contributed by atoms with Crippen molar-refractivity contribution in [3.05, 3.63) is 59.7 Å². The molecule has 2 aromatic carbocycles. The zero-order valence-corrected chi connectivity index (χ0v) is 18.8. The Bertz CT molecular complexity index is 1160. The average Bonchev–Trinajstić information content (AvgIpc) is 2.72. The van der Waals surface area contributed by atoms with Gasteiger partial charge in [0.25, 0.3) is 0 Å². The van der Waals surface area contributed by atoms with Gasteiger partial charge >= 0.3 is 5.97 Å². The molecule has 2 aromatic rings. The van der Waals surface area contributed by atoms with Crippen LogP contribution in [0, 0.1) is 6.92 Å². The molecule has 0 bridgehead atoms. The van der Waals surface area contributed by atoms with Gasteiger partial charge in [-0.05, 0) is 42.3 Å². The maximum Gasteiger partial charge on any atom is 0.323 e. The molecule has 11 heteroatoms. The van der Waals surface area contributed by atoms with Crippen LogP contribution in [0.3, 0.4) is 0 Å². The summed E-state index contributed by atoms with van der Waals surface area (Å²) in [7, 11) is -7.77. The van der Waals surface area contributed by atoms with E-state index in [2.05, 4.69) is 0 Å². The average molecular weight is 469 g/mol. The summed E-state index contributed by atoms with van der Waals surface area (Å²) < 4.78 is 57.1.